The van der Waals surface area contributed by atoms with Crippen LogP contribution in [0, 0.1) is 0 Å². The third kappa shape index (κ3) is 5.71. The van der Waals surface area contributed by atoms with Gasteiger partial charge in [-0.2, -0.15) is 13.2 Å². The van der Waals surface area contributed by atoms with E-state index < -0.39 is 12.6 Å². The standard InChI is InChI=1S/C14H20F3NO3/c1-19-10-7-12(20-2)11(13(8-10)21-3)9-18-6-4-5-14(15,16)17/h7-8,18H,4-6,9H2,1-3H3. The van der Waals surface area contributed by atoms with Crippen LogP contribution in [0.1, 0.15) is 18.4 Å². The van der Waals surface area contributed by atoms with Gasteiger partial charge < -0.3 is 19.5 Å². The molecule has 0 aromatic heterocycles. The zero-order valence-corrected chi connectivity index (χ0v) is 12.3. The monoisotopic (exact) mass is 307 g/mol. The van der Waals surface area contributed by atoms with Crippen LogP contribution in [-0.2, 0) is 6.54 Å². The molecule has 1 N–H and O–H groups in total. The molecule has 0 aliphatic carbocycles. The zero-order chi connectivity index (χ0) is 15.9. The third-order valence-electron chi connectivity index (χ3n) is 2.93. The Hall–Kier alpha value is -1.63. The highest BCUT2D eigenvalue weighted by molar-refractivity contribution is 5.50. The Bertz CT molecular complexity index is 425. The predicted octanol–water partition coefficient (Wildman–Crippen LogP) is 3.14. The van der Waals surface area contributed by atoms with Crippen LogP contribution in [0.3, 0.4) is 0 Å². The molecule has 0 aliphatic heterocycles. The summed E-state index contributed by atoms with van der Waals surface area (Å²) in [4.78, 5) is 0. The van der Waals surface area contributed by atoms with Gasteiger partial charge in [0.15, 0.2) is 0 Å². The summed E-state index contributed by atoms with van der Waals surface area (Å²) in [6, 6.07) is 3.41. The number of methoxy groups -OCH3 is 3. The lowest BCUT2D eigenvalue weighted by Gasteiger charge is -2.15. The first-order valence-electron chi connectivity index (χ1n) is 6.47. The molecule has 0 bridgehead atoms. The van der Waals surface area contributed by atoms with E-state index in [0.717, 1.165) is 5.56 Å². The third-order valence-corrected chi connectivity index (χ3v) is 2.93. The second-order valence-electron chi connectivity index (χ2n) is 4.41. The molecule has 1 aromatic rings. The molecule has 0 aliphatic rings. The second kappa shape index (κ2) is 7.97. The predicted molar refractivity (Wildman–Crippen MR) is 73.1 cm³/mol. The summed E-state index contributed by atoms with van der Waals surface area (Å²) >= 11 is 0. The lowest BCUT2D eigenvalue weighted by molar-refractivity contribution is -0.135. The van der Waals surface area contributed by atoms with E-state index >= 15 is 0 Å². The molecule has 1 rings (SSSR count). The van der Waals surface area contributed by atoms with E-state index in [1.54, 1.807) is 12.1 Å². The Morgan fingerprint density at radius 2 is 1.57 bits per heavy atom. The molecule has 7 heteroatoms. The normalized spacial score (nSPS) is 11.3. The zero-order valence-electron chi connectivity index (χ0n) is 12.3. The molecule has 0 radical (unpaired) electrons. The van der Waals surface area contributed by atoms with Gasteiger partial charge in [-0.15, -0.1) is 0 Å². The summed E-state index contributed by atoms with van der Waals surface area (Å²) in [7, 11) is 4.56. The molecule has 0 atom stereocenters. The smallest absolute Gasteiger partial charge is 0.389 e. The van der Waals surface area contributed by atoms with Gasteiger partial charge >= 0.3 is 6.18 Å². The van der Waals surface area contributed by atoms with Crippen molar-refractivity contribution in [2.45, 2.75) is 25.6 Å². The molecule has 0 unspecified atom stereocenters. The van der Waals surface area contributed by atoms with Crippen LogP contribution in [0.4, 0.5) is 13.2 Å². The Morgan fingerprint density at radius 3 is 2.00 bits per heavy atom. The number of halogens is 3. The van der Waals surface area contributed by atoms with Crippen LogP contribution in [0.15, 0.2) is 12.1 Å². The second-order valence-corrected chi connectivity index (χ2v) is 4.41. The van der Waals surface area contributed by atoms with Gasteiger partial charge in [-0.3, -0.25) is 0 Å². The summed E-state index contributed by atoms with van der Waals surface area (Å²) in [6.07, 6.45) is -4.88. The van der Waals surface area contributed by atoms with Crippen molar-refractivity contribution in [2.75, 3.05) is 27.9 Å². The van der Waals surface area contributed by atoms with Gasteiger partial charge in [0.2, 0.25) is 0 Å². The average molecular weight is 307 g/mol. The van der Waals surface area contributed by atoms with E-state index in [2.05, 4.69) is 5.32 Å². The first-order valence-corrected chi connectivity index (χ1v) is 6.47. The quantitative estimate of drug-likeness (QED) is 0.749. The number of nitrogens with one attached hydrogen (secondary N) is 1. The maximum absolute atomic E-state index is 12.0. The fourth-order valence-corrected chi connectivity index (χ4v) is 1.88. The number of hydrogen-bond acceptors (Lipinski definition) is 4. The molecule has 21 heavy (non-hydrogen) atoms. The topological polar surface area (TPSA) is 39.7 Å². The molecule has 0 heterocycles. The lowest BCUT2D eigenvalue weighted by Crippen LogP contribution is -2.18. The Kier molecular flexibility index (Phi) is 6.61. The first-order chi connectivity index (χ1) is 9.91. The molecule has 0 fully saturated rings. The maximum Gasteiger partial charge on any atom is 0.389 e. The largest absolute Gasteiger partial charge is 0.496 e. The van der Waals surface area contributed by atoms with Crippen molar-refractivity contribution < 1.29 is 27.4 Å². The number of rotatable bonds is 8. The van der Waals surface area contributed by atoms with Crippen molar-refractivity contribution in [3.8, 4) is 17.2 Å². The van der Waals surface area contributed by atoms with Gasteiger partial charge in [-0.25, -0.2) is 0 Å². The molecule has 0 spiro atoms. The molecule has 1 aromatic carbocycles. The van der Waals surface area contributed by atoms with Gasteiger partial charge in [-0.05, 0) is 13.0 Å². The summed E-state index contributed by atoms with van der Waals surface area (Å²) in [5.74, 6) is 1.72. The van der Waals surface area contributed by atoms with Crippen molar-refractivity contribution in [2.24, 2.45) is 0 Å². The molecular weight excluding hydrogens is 287 g/mol. The van der Waals surface area contributed by atoms with E-state index in [1.165, 1.54) is 21.3 Å². The van der Waals surface area contributed by atoms with Crippen LogP contribution in [0.25, 0.3) is 0 Å². The minimum atomic E-state index is -4.11. The number of benzene rings is 1. The van der Waals surface area contributed by atoms with Crippen LogP contribution in [0.5, 0.6) is 17.2 Å². The van der Waals surface area contributed by atoms with E-state index in [9.17, 15) is 13.2 Å². The number of alkyl halides is 3. The van der Waals surface area contributed by atoms with Crippen LogP contribution in [-0.4, -0.2) is 34.1 Å². The van der Waals surface area contributed by atoms with Crippen molar-refractivity contribution in [3.63, 3.8) is 0 Å². The van der Waals surface area contributed by atoms with E-state index in [4.69, 9.17) is 14.2 Å². The summed E-state index contributed by atoms with van der Waals surface area (Å²) in [6.45, 7) is 0.617. The highest BCUT2D eigenvalue weighted by atomic mass is 19.4. The van der Waals surface area contributed by atoms with Gasteiger partial charge in [0.05, 0.1) is 26.9 Å². The van der Waals surface area contributed by atoms with Crippen LogP contribution in [0.2, 0.25) is 0 Å². The average Bonchev–Trinajstić information content (AvgIpc) is 2.45. The molecule has 120 valence electrons. The minimum absolute atomic E-state index is 0.0320. The Morgan fingerprint density at radius 1 is 1.00 bits per heavy atom. The number of ether oxygens (including phenoxy) is 3. The maximum atomic E-state index is 12.0. The highest BCUT2D eigenvalue weighted by Crippen LogP contribution is 2.33. The van der Waals surface area contributed by atoms with Crippen molar-refractivity contribution in [1.29, 1.82) is 0 Å². The first kappa shape index (κ1) is 17.4. The SMILES string of the molecule is COc1cc(OC)c(CNCCCC(F)(F)F)c(OC)c1. The number of hydrogen-bond donors (Lipinski definition) is 1. The summed E-state index contributed by atoms with van der Waals surface area (Å²) < 4.78 is 51.8. The Balaban J connectivity index is 2.65. The fraction of sp³-hybridized carbons (Fsp3) is 0.571. The van der Waals surface area contributed by atoms with Crippen molar-refractivity contribution >= 4 is 0 Å². The summed E-state index contributed by atoms with van der Waals surface area (Å²) in [5, 5.41) is 2.96. The van der Waals surface area contributed by atoms with Crippen LogP contribution < -0.4 is 19.5 Å². The van der Waals surface area contributed by atoms with E-state index in [-0.39, 0.29) is 13.0 Å². The minimum Gasteiger partial charge on any atom is -0.496 e. The van der Waals surface area contributed by atoms with Gasteiger partial charge in [0, 0.05) is 25.1 Å². The molecule has 0 saturated carbocycles. The fourth-order valence-electron chi connectivity index (χ4n) is 1.88. The molecular formula is C14H20F3NO3. The summed E-state index contributed by atoms with van der Waals surface area (Å²) in [5.41, 5.74) is 0.743. The molecule has 4 nitrogen and oxygen atoms in total. The van der Waals surface area contributed by atoms with Gasteiger partial charge in [-0.1, -0.05) is 0 Å². The lowest BCUT2D eigenvalue weighted by atomic mass is 10.1. The Labute approximate surface area is 122 Å². The molecule has 0 amide bonds. The highest BCUT2D eigenvalue weighted by Gasteiger charge is 2.25. The van der Waals surface area contributed by atoms with E-state index in [0.29, 0.717) is 23.8 Å². The van der Waals surface area contributed by atoms with Gasteiger partial charge in [0.25, 0.3) is 0 Å². The van der Waals surface area contributed by atoms with E-state index in [1.807, 2.05) is 0 Å². The van der Waals surface area contributed by atoms with Gasteiger partial charge in [0.1, 0.15) is 17.2 Å². The molecule has 0 saturated heterocycles. The van der Waals surface area contributed by atoms with Crippen molar-refractivity contribution in [1.82, 2.24) is 5.32 Å². The van der Waals surface area contributed by atoms with Crippen molar-refractivity contribution in [3.05, 3.63) is 17.7 Å². The van der Waals surface area contributed by atoms with Crippen LogP contribution >= 0.6 is 0 Å².